The molecule has 1 aliphatic rings. The van der Waals surface area contributed by atoms with E-state index in [-0.39, 0.29) is 17.0 Å². The molecule has 0 aromatic carbocycles. The maximum absolute atomic E-state index is 11.1. The van der Waals surface area contributed by atoms with E-state index in [2.05, 4.69) is 0 Å². The maximum Gasteiger partial charge on any atom is 0.194 e. The van der Waals surface area contributed by atoms with Gasteiger partial charge in [0.15, 0.2) is 5.12 Å². The minimum absolute atomic E-state index is 0.0972. The van der Waals surface area contributed by atoms with Crippen LogP contribution in [0, 0.1) is 11.8 Å². The van der Waals surface area contributed by atoms with Crippen LogP contribution in [-0.4, -0.2) is 22.1 Å². The van der Waals surface area contributed by atoms with Crippen LogP contribution in [0.1, 0.15) is 20.3 Å². The molecular formula is C8H14O2S. The van der Waals surface area contributed by atoms with Crippen LogP contribution in [0.5, 0.6) is 0 Å². The summed E-state index contributed by atoms with van der Waals surface area (Å²) in [5.74, 6) is 0.982. The zero-order valence-electron chi connectivity index (χ0n) is 6.91. The van der Waals surface area contributed by atoms with Crippen LogP contribution in [0.25, 0.3) is 0 Å². The Morgan fingerprint density at radius 3 is 2.64 bits per heavy atom. The van der Waals surface area contributed by atoms with Crippen molar-refractivity contribution in [3.63, 3.8) is 0 Å². The SMILES string of the molecule is CC(C)[C@H](O)[C@@H]1CCSC1=O. The molecule has 11 heavy (non-hydrogen) atoms. The third-order valence-corrected chi connectivity index (χ3v) is 3.10. The molecule has 1 N–H and O–H groups in total. The van der Waals surface area contributed by atoms with E-state index in [4.69, 9.17) is 0 Å². The molecule has 0 aliphatic carbocycles. The second-order valence-electron chi connectivity index (χ2n) is 3.30. The number of thioether (sulfide) groups is 1. The Morgan fingerprint density at radius 2 is 2.27 bits per heavy atom. The second-order valence-corrected chi connectivity index (χ2v) is 4.40. The summed E-state index contributed by atoms with van der Waals surface area (Å²) >= 11 is 1.35. The number of carbonyl (C=O) groups excluding carboxylic acids is 1. The fourth-order valence-electron chi connectivity index (χ4n) is 1.29. The Labute approximate surface area is 71.4 Å². The average Bonchev–Trinajstić information content (AvgIpc) is 2.33. The molecule has 64 valence electrons. The fraction of sp³-hybridized carbons (Fsp3) is 0.875. The van der Waals surface area contributed by atoms with E-state index >= 15 is 0 Å². The topological polar surface area (TPSA) is 37.3 Å². The van der Waals surface area contributed by atoms with Crippen molar-refractivity contribution >= 4 is 16.9 Å². The van der Waals surface area contributed by atoms with Crippen molar-refractivity contribution in [1.82, 2.24) is 0 Å². The van der Waals surface area contributed by atoms with Crippen molar-refractivity contribution in [1.29, 1.82) is 0 Å². The molecule has 0 saturated carbocycles. The molecule has 2 atom stereocenters. The zero-order valence-corrected chi connectivity index (χ0v) is 7.73. The van der Waals surface area contributed by atoms with Gasteiger partial charge in [-0.25, -0.2) is 0 Å². The van der Waals surface area contributed by atoms with Crippen molar-refractivity contribution in [2.75, 3.05) is 5.75 Å². The number of carbonyl (C=O) groups is 1. The van der Waals surface area contributed by atoms with Gasteiger partial charge in [-0.15, -0.1) is 0 Å². The van der Waals surface area contributed by atoms with Gasteiger partial charge in [0.25, 0.3) is 0 Å². The van der Waals surface area contributed by atoms with Crippen LogP contribution < -0.4 is 0 Å². The highest BCUT2D eigenvalue weighted by molar-refractivity contribution is 8.14. The molecular weight excluding hydrogens is 160 g/mol. The van der Waals surface area contributed by atoms with E-state index in [0.717, 1.165) is 12.2 Å². The molecule has 3 heteroatoms. The Bertz CT molecular complexity index is 156. The first-order valence-corrected chi connectivity index (χ1v) is 4.96. The van der Waals surface area contributed by atoms with Gasteiger partial charge >= 0.3 is 0 Å². The number of hydrogen-bond donors (Lipinski definition) is 1. The van der Waals surface area contributed by atoms with Gasteiger partial charge < -0.3 is 5.11 Å². The number of aliphatic hydroxyl groups excluding tert-OH is 1. The fourth-order valence-corrected chi connectivity index (χ4v) is 2.33. The van der Waals surface area contributed by atoms with Gasteiger partial charge in [0, 0.05) is 5.75 Å². The third-order valence-electron chi connectivity index (χ3n) is 2.07. The molecule has 0 spiro atoms. The van der Waals surface area contributed by atoms with Crippen molar-refractivity contribution in [3.8, 4) is 0 Å². The predicted octanol–water partition coefficient (Wildman–Crippen LogP) is 1.28. The molecule has 1 aliphatic heterocycles. The molecule has 2 nitrogen and oxygen atoms in total. The lowest BCUT2D eigenvalue weighted by Crippen LogP contribution is -2.28. The highest BCUT2D eigenvalue weighted by Gasteiger charge is 2.33. The van der Waals surface area contributed by atoms with Gasteiger partial charge in [0.2, 0.25) is 0 Å². The molecule has 0 bridgehead atoms. The van der Waals surface area contributed by atoms with Crippen LogP contribution in [0.2, 0.25) is 0 Å². The van der Waals surface area contributed by atoms with Crippen LogP contribution in [-0.2, 0) is 4.79 Å². The van der Waals surface area contributed by atoms with Crippen LogP contribution >= 0.6 is 11.8 Å². The van der Waals surface area contributed by atoms with E-state index < -0.39 is 6.10 Å². The van der Waals surface area contributed by atoms with Gasteiger partial charge in [0.05, 0.1) is 12.0 Å². The average molecular weight is 174 g/mol. The van der Waals surface area contributed by atoms with Crippen LogP contribution in [0.3, 0.4) is 0 Å². The quantitative estimate of drug-likeness (QED) is 0.685. The zero-order chi connectivity index (χ0) is 8.43. The standard InChI is InChI=1S/C8H14O2S/c1-5(2)7(9)6-3-4-11-8(6)10/h5-7,9H,3-4H2,1-2H3/t6-,7-/m0/s1. The van der Waals surface area contributed by atoms with Gasteiger partial charge in [-0.3, -0.25) is 4.79 Å². The van der Waals surface area contributed by atoms with Gasteiger partial charge in [-0.2, -0.15) is 0 Å². The van der Waals surface area contributed by atoms with Crippen molar-refractivity contribution < 1.29 is 9.90 Å². The summed E-state index contributed by atoms with van der Waals surface area (Å²) in [6.07, 6.45) is 0.417. The summed E-state index contributed by atoms with van der Waals surface area (Å²) in [5, 5.41) is 9.73. The monoisotopic (exact) mass is 174 g/mol. The lowest BCUT2D eigenvalue weighted by Gasteiger charge is -2.18. The first-order valence-electron chi connectivity index (χ1n) is 3.97. The lowest BCUT2D eigenvalue weighted by atomic mass is 9.93. The van der Waals surface area contributed by atoms with Crippen LogP contribution in [0.15, 0.2) is 0 Å². The Morgan fingerprint density at radius 1 is 1.64 bits per heavy atom. The molecule has 0 radical (unpaired) electrons. The summed E-state index contributed by atoms with van der Waals surface area (Å²) in [6, 6.07) is 0. The van der Waals surface area contributed by atoms with Crippen LogP contribution in [0.4, 0.5) is 0 Å². The molecule has 1 rings (SSSR count). The molecule has 0 aromatic rings. The summed E-state index contributed by atoms with van der Waals surface area (Å²) in [6.45, 7) is 3.89. The minimum Gasteiger partial charge on any atom is -0.392 e. The minimum atomic E-state index is -0.433. The molecule has 1 heterocycles. The first-order chi connectivity index (χ1) is 5.13. The Balaban J connectivity index is 2.52. The van der Waals surface area contributed by atoms with Gasteiger partial charge in [0.1, 0.15) is 0 Å². The van der Waals surface area contributed by atoms with Crippen molar-refractivity contribution in [3.05, 3.63) is 0 Å². The normalized spacial score (nSPS) is 28.0. The molecule has 1 fully saturated rings. The summed E-state index contributed by atoms with van der Waals surface area (Å²) in [5.41, 5.74) is 0. The first kappa shape index (κ1) is 9.07. The van der Waals surface area contributed by atoms with E-state index in [1.165, 1.54) is 11.8 Å². The number of hydrogen-bond acceptors (Lipinski definition) is 3. The van der Waals surface area contributed by atoms with Crippen molar-refractivity contribution in [2.45, 2.75) is 26.4 Å². The highest BCUT2D eigenvalue weighted by Crippen LogP contribution is 2.30. The van der Waals surface area contributed by atoms with E-state index in [1.807, 2.05) is 13.8 Å². The van der Waals surface area contributed by atoms with Gasteiger partial charge in [-0.1, -0.05) is 25.6 Å². The smallest absolute Gasteiger partial charge is 0.194 e. The Hall–Kier alpha value is -0.0200. The molecule has 0 amide bonds. The second kappa shape index (κ2) is 3.59. The number of rotatable bonds is 2. The van der Waals surface area contributed by atoms with Gasteiger partial charge in [-0.05, 0) is 12.3 Å². The largest absolute Gasteiger partial charge is 0.392 e. The maximum atomic E-state index is 11.1. The highest BCUT2D eigenvalue weighted by atomic mass is 32.2. The van der Waals surface area contributed by atoms with Crippen molar-refractivity contribution in [2.24, 2.45) is 11.8 Å². The predicted molar refractivity (Wildman–Crippen MR) is 46.4 cm³/mol. The number of aliphatic hydroxyl groups is 1. The lowest BCUT2D eigenvalue weighted by molar-refractivity contribution is -0.117. The summed E-state index contributed by atoms with van der Waals surface area (Å²) < 4.78 is 0. The summed E-state index contributed by atoms with van der Waals surface area (Å²) in [4.78, 5) is 11.1. The van der Waals surface area contributed by atoms with E-state index in [0.29, 0.717) is 0 Å². The molecule has 0 unspecified atom stereocenters. The molecule has 1 saturated heterocycles. The third kappa shape index (κ3) is 1.97. The Kier molecular flexibility index (Phi) is 2.96. The van der Waals surface area contributed by atoms with E-state index in [1.54, 1.807) is 0 Å². The summed E-state index contributed by atoms with van der Waals surface area (Å²) in [7, 11) is 0. The van der Waals surface area contributed by atoms with E-state index in [9.17, 15) is 9.90 Å². The molecule has 0 aromatic heterocycles.